The van der Waals surface area contributed by atoms with Gasteiger partial charge in [0.15, 0.2) is 0 Å². The molecule has 0 bridgehead atoms. The van der Waals surface area contributed by atoms with Crippen LogP contribution in [0.3, 0.4) is 0 Å². The van der Waals surface area contributed by atoms with Crippen molar-refractivity contribution in [1.29, 1.82) is 0 Å². The lowest BCUT2D eigenvalue weighted by Gasteiger charge is -2.33. The fourth-order valence-corrected chi connectivity index (χ4v) is 1.94. The maximum absolute atomic E-state index is 2.26. The smallest absolute Gasteiger partial charge is 0.0723 e. The van der Waals surface area contributed by atoms with Crippen LogP contribution in [-0.2, 0) is 0 Å². The molecule has 0 aromatic heterocycles. The van der Waals surface area contributed by atoms with Crippen LogP contribution in [0.1, 0.15) is 13.8 Å². The Morgan fingerprint density at radius 1 is 1.23 bits per heavy atom. The quantitative estimate of drug-likeness (QED) is 0.544. The lowest BCUT2D eigenvalue weighted by molar-refractivity contribution is 0.414. The summed E-state index contributed by atoms with van der Waals surface area (Å²) in [5, 5.41) is 0. The molecule has 0 spiro atoms. The molecule has 1 heterocycles. The van der Waals surface area contributed by atoms with Gasteiger partial charge in [-0.1, -0.05) is 24.3 Å². The minimum absolute atomic E-state index is 0.452. The molecule has 0 N–H and O–H groups in total. The van der Waals surface area contributed by atoms with Crippen LogP contribution in [0.4, 0.5) is 0 Å². The first-order valence-corrected chi connectivity index (χ1v) is 4.66. The second-order valence-electron chi connectivity index (χ2n) is 3.75. The lowest BCUT2D eigenvalue weighted by atomic mass is 9.90. The van der Waals surface area contributed by atoms with Crippen LogP contribution in [0, 0.1) is 0 Å². The first-order chi connectivity index (χ1) is 6.20. The maximum Gasteiger partial charge on any atom is 0.0723 e. The number of likely N-dealkylation sites (N-methyl/N-ethyl adjacent to an activating group) is 1. The van der Waals surface area contributed by atoms with Gasteiger partial charge in [0, 0.05) is 13.2 Å². The summed E-state index contributed by atoms with van der Waals surface area (Å²) in [5.41, 5.74) is 4.22. The second kappa shape index (κ2) is 2.91. The molecule has 1 aliphatic heterocycles. The van der Waals surface area contributed by atoms with E-state index in [9.17, 15) is 0 Å². The average molecular weight is 173 g/mol. The van der Waals surface area contributed by atoms with Crippen molar-refractivity contribution >= 4 is 0 Å². The van der Waals surface area contributed by atoms with Crippen LogP contribution in [-0.4, -0.2) is 18.0 Å². The van der Waals surface area contributed by atoms with Gasteiger partial charge in [0.1, 0.15) is 0 Å². The summed E-state index contributed by atoms with van der Waals surface area (Å²) >= 11 is 0. The fourth-order valence-electron chi connectivity index (χ4n) is 1.94. The van der Waals surface area contributed by atoms with E-state index in [1.807, 2.05) is 0 Å². The summed E-state index contributed by atoms with van der Waals surface area (Å²) in [6.07, 6.45) is 10.9. The molecule has 0 aromatic rings. The van der Waals surface area contributed by atoms with Gasteiger partial charge < -0.3 is 4.90 Å². The molecule has 0 saturated carbocycles. The Morgan fingerprint density at radius 3 is 2.77 bits per heavy atom. The molecule has 1 unspecified atom stereocenters. The highest BCUT2D eigenvalue weighted by atomic mass is 15.1. The summed E-state index contributed by atoms with van der Waals surface area (Å²) < 4.78 is 0. The van der Waals surface area contributed by atoms with Crippen molar-refractivity contribution < 1.29 is 0 Å². The molecule has 0 saturated heterocycles. The van der Waals surface area contributed by atoms with E-state index >= 15 is 0 Å². The van der Waals surface area contributed by atoms with Crippen molar-refractivity contribution in [3.63, 3.8) is 0 Å². The van der Waals surface area contributed by atoms with Crippen LogP contribution in [0.5, 0.6) is 0 Å². The van der Waals surface area contributed by atoms with Gasteiger partial charge in [0.25, 0.3) is 0 Å². The summed E-state index contributed by atoms with van der Waals surface area (Å²) in [5.74, 6) is 0. The van der Waals surface area contributed by atoms with E-state index in [-0.39, 0.29) is 0 Å². The molecule has 1 atom stereocenters. The molecule has 68 valence electrons. The van der Waals surface area contributed by atoms with Crippen molar-refractivity contribution in [2.45, 2.75) is 19.9 Å². The second-order valence-corrected chi connectivity index (χ2v) is 3.75. The van der Waals surface area contributed by atoms with Gasteiger partial charge in [-0.3, -0.25) is 0 Å². The van der Waals surface area contributed by atoms with Crippen LogP contribution in [0.25, 0.3) is 0 Å². The van der Waals surface area contributed by atoms with Gasteiger partial charge in [-0.25, -0.2) is 0 Å². The summed E-state index contributed by atoms with van der Waals surface area (Å²) in [7, 11) is 2.13. The number of hydrogen-bond acceptors (Lipinski definition) is 1. The Balaban J connectivity index is 2.49. The average Bonchev–Trinajstić information content (AvgIpc) is 2.15. The molecular weight excluding hydrogens is 158 g/mol. The van der Waals surface area contributed by atoms with Crippen molar-refractivity contribution in [1.82, 2.24) is 4.90 Å². The lowest BCUT2D eigenvalue weighted by Crippen LogP contribution is -2.31. The van der Waals surface area contributed by atoms with E-state index in [1.54, 1.807) is 0 Å². The van der Waals surface area contributed by atoms with Gasteiger partial charge >= 0.3 is 0 Å². The Kier molecular flexibility index (Phi) is 1.87. The normalized spacial score (nSPS) is 26.2. The molecule has 0 amide bonds. The number of fused-ring (bicyclic) bond motifs is 1. The Labute approximate surface area is 79.7 Å². The molecule has 2 aliphatic rings. The van der Waals surface area contributed by atoms with Crippen molar-refractivity contribution in [3.8, 4) is 0 Å². The SMILES string of the molecule is CC1=CN(C)C2C=CC=CC2=C1C. The Hall–Kier alpha value is -1.24. The zero-order valence-electron chi connectivity index (χ0n) is 8.41. The fraction of sp³-hybridized carbons (Fsp3) is 0.333. The van der Waals surface area contributed by atoms with Crippen molar-refractivity contribution in [2.24, 2.45) is 0 Å². The third-order valence-corrected chi connectivity index (χ3v) is 2.86. The first kappa shape index (κ1) is 8.36. The minimum atomic E-state index is 0.452. The largest absolute Gasteiger partial charge is 0.370 e. The first-order valence-electron chi connectivity index (χ1n) is 4.66. The van der Waals surface area contributed by atoms with Gasteiger partial charge in [-0.15, -0.1) is 0 Å². The van der Waals surface area contributed by atoms with E-state index in [4.69, 9.17) is 0 Å². The maximum atomic E-state index is 2.26. The van der Waals surface area contributed by atoms with E-state index < -0.39 is 0 Å². The van der Waals surface area contributed by atoms with E-state index in [1.165, 1.54) is 16.7 Å². The molecule has 1 nitrogen and oxygen atoms in total. The van der Waals surface area contributed by atoms with Crippen LogP contribution in [0.2, 0.25) is 0 Å². The molecule has 0 aromatic carbocycles. The minimum Gasteiger partial charge on any atom is -0.370 e. The molecule has 1 heteroatoms. The molecule has 2 rings (SSSR count). The third kappa shape index (κ3) is 1.24. The van der Waals surface area contributed by atoms with Crippen molar-refractivity contribution in [3.05, 3.63) is 47.2 Å². The van der Waals surface area contributed by atoms with Crippen molar-refractivity contribution in [2.75, 3.05) is 7.05 Å². The van der Waals surface area contributed by atoms with E-state index in [0.29, 0.717) is 6.04 Å². The number of rotatable bonds is 0. The van der Waals surface area contributed by atoms with E-state index in [2.05, 4.69) is 56.3 Å². The molecular formula is C12H15N. The summed E-state index contributed by atoms with van der Waals surface area (Å²) in [4.78, 5) is 2.26. The molecule has 0 radical (unpaired) electrons. The highest BCUT2D eigenvalue weighted by Crippen LogP contribution is 2.29. The number of hydrogen-bond donors (Lipinski definition) is 0. The number of nitrogens with zero attached hydrogens (tertiary/aromatic N) is 1. The highest BCUT2D eigenvalue weighted by molar-refractivity contribution is 5.48. The molecule has 1 aliphatic carbocycles. The van der Waals surface area contributed by atoms with E-state index in [0.717, 1.165) is 0 Å². The standard InChI is InChI=1S/C12H15N/c1-9-8-13(3)12-7-5-4-6-11(12)10(9)2/h4-8,12H,1-3H3. The molecule has 13 heavy (non-hydrogen) atoms. The van der Waals surface area contributed by atoms with Crippen LogP contribution in [0.15, 0.2) is 47.2 Å². The predicted octanol–water partition coefficient (Wildman–Crippen LogP) is 2.65. The van der Waals surface area contributed by atoms with Gasteiger partial charge in [0.05, 0.1) is 6.04 Å². The summed E-state index contributed by atoms with van der Waals surface area (Å²) in [6, 6.07) is 0.452. The highest BCUT2D eigenvalue weighted by Gasteiger charge is 2.21. The Morgan fingerprint density at radius 2 is 2.00 bits per heavy atom. The Bertz CT molecular complexity index is 342. The summed E-state index contributed by atoms with van der Waals surface area (Å²) in [6.45, 7) is 4.37. The molecule has 0 fully saturated rings. The van der Waals surface area contributed by atoms with Crippen LogP contribution >= 0.6 is 0 Å². The topological polar surface area (TPSA) is 3.24 Å². The van der Waals surface area contributed by atoms with Gasteiger partial charge in [0.2, 0.25) is 0 Å². The zero-order chi connectivity index (χ0) is 9.42. The third-order valence-electron chi connectivity index (χ3n) is 2.86. The van der Waals surface area contributed by atoms with Crippen LogP contribution < -0.4 is 0 Å². The zero-order valence-corrected chi connectivity index (χ0v) is 8.41. The number of allylic oxidation sites excluding steroid dienone is 4. The van der Waals surface area contributed by atoms with Gasteiger partial charge in [-0.05, 0) is 30.6 Å². The monoisotopic (exact) mass is 173 g/mol. The predicted molar refractivity (Wildman–Crippen MR) is 56.3 cm³/mol. The van der Waals surface area contributed by atoms with Gasteiger partial charge in [-0.2, -0.15) is 0 Å².